The van der Waals surface area contributed by atoms with Gasteiger partial charge in [-0.15, -0.1) is 23.2 Å². The third-order valence-corrected chi connectivity index (χ3v) is 8.79. The topological polar surface area (TPSA) is 92.8 Å². The summed E-state index contributed by atoms with van der Waals surface area (Å²) in [7, 11) is 0. The fraction of sp³-hybridized carbons (Fsp3) is 0.385. The summed E-state index contributed by atoms with van der Waals surface area (Å²) in [6.45, 7) is 3.48. The Morgan fingerprint density at radius 1 is 0.943 bits per heavy atom. The molecule has 6 atom stereocenters. The number of carbonyl (C=O) groups excluding carboxylic acids is 4. The lowest BCUT2D eigenvalue weighted by Gasteiger charge is -2.28. The zero-order valence-corrected chi connectivity index (χ0v) is 20.7. The molecule has 1 aliphatic heterocycles. The van der Waals surface area contributed by atoms with Crippen LogP contribution in [0.2, 0.25) is 0 Å². The zero-order chi connectivity index (χ0) is 25.0. The summed E-state index contributed by atoms with van der Waals surface area (Å²) in [5.41, 5.74) is 3.36. The first kappa shape index (κ1) is 23.8. The smallest absolute Gasteiger partial charge is 0.338 e. The lowest BCUT2D eigenvalue weighted by molar-refractivity contribution is -0.123. The van der Waals surface area contributed by atoms with E-state index in [-0.39, 0.29) is 40.0 Å². The Labute approximate surface area is 212 Å². The van der Waals surface area contributed by atoms with Crippen LogP contribution >= 0.6 is 23.2 Å². The van der Waals surface area contributed by atoms with E-state index in [0.29, 0.717) is 17.8 Å². The average molecular weight is 515 g/mol. The van der Waals surface area contributed by atoms with Crippen LogP contribution in [0.15, 0.2) is 42.5 Å². The van der Waals surface area contributed by atoms with E-state index in [1.807, 2.05) is 26.0 Å². The number of nitrogens with zero attached hydrogens (tertiary/aromatic N) is 1. The lowest BCUT2D eigenvalue weighted by Crippen LogP contribution is -2.37. The third-order valence-electron chi connectivity index (χ3n) is 7.47. The monoisotopic (exact) mass is 514 g/mol. The van der Waals surface area contributed by atoms with Crippen molar-refractivity contribution in [3.8, 4) is 0 Å². The molecule has 2 aliphatic carbocycles. The fourth-order valence-corrected chi connectivity index (χ4v) is 6.47. The van der Waals surface area contributed by atoms with Crippen molar-refractivity contribution in [2.24, 2.45) is 23.7 Å². The summed E-state index contributed by atoms with van der Waals surface area (Å²) >= 11 is 12.8. The van der Waals surface area contributed by atoms with Crippen molar-refractivity contribution in [3.63, 3.8) is 0 Å². The number of esters is 1. The Hall–Kier alpha value is -2.90. The molecular weight excluding hydrogens is 491 g/mol. The van der Waals surface area contributed by atoms with Crippen LogP contribution in [0, 0.1) is 37.5 Å². The van der Waals surface area contributed by atoms with Gasteiger partial charge in [0.15, 0.2) is 6.61 Å². The highest BCUT2D eigenvalue weighted by atomic mass is 35.5. The lowest BCUT2D eigenvalue weighted by atomic mass is 9.80. The summed E-state index contributed by atoms with van der Waals surface area (Å²) in [5, 5.41) is 2.06. The minimum atomic E-state index is -0.685. The predicted molar refractivity (Wildman–Crippen MR) is 132 cm³/mol. The van der Waals surface area contributed by atoms with Crippen LogP contribution in [-0.4, -0.2) is 41.1 Å². The Bertz CT molecular complexity index is 1200. The van der Waals surface area contributed by atoms with E-state index in [1.165, 1.54) is 29.2 Å². The Balaban J connectivity index is 1.21. The number of anilines is 2. The quantitative estimate of drug-likeness (QED) is 0.368. The molecule has 2 saturated carbocycles. The molecule has 0 aromatic heterocycles. The number of rotatable bonds is 5. The molecule has 182 valence electrons. The van der Waals surface area contributed by atoms with E-state index in [0.717, 1.165) is 11.1 Å². The number of halogens is 2. The molecule has 5 rings (SSSR count). The van der Waals surface area contributed by atoms with Gasteiger partial charge in [-0.1, -0.05) is 6.07 Å². The Morgan fingerprint density at radius 3 is 2.11 bits per heavy atom. The van der Waals surface area contributed by atoms with Crippen LogP contribution < -0.4 is 10.2 Å². The van der Waals surface area contributed by atoms with Gasteiger partial charge >= 0.3 is 5.97 Å². The number of imide groups is 1. The summed E-state index contributed by atoms with van der Waals surface area (Å²) in [6, 6.07) is 11.5. The van der Waals surface area contributed by atoms with Crippen molar-refractivity contribution in [2.75, 3.05) is 16.8 Å². The van der Waals surface area contributed by atoms with Crippen molar-refractivity contribution in [2.45, 2.75) is 31.0 Å². The van der Waals surface area contributed by atoms with Gasteiger partial charge in [-0.3, -0.25) is 19.3 Å². The van der Waals surface area contributed by atoms with Crippen LogP contribution in [0.4, 0.5) is 11.4 Å². The van der Waals surface area contributed by atoms with Crippen molar-refractivity contribution >= 4 is 58.3 Å². The van der Waals surface area contributed by atoms with E-state index in [2.05, 4.69) is 5.32 Å². The van der Waals surface area contributed by atoms with Gasteiger partial charge in [0.25, 0.3) is 5.91 Å². The molecule has 1 N–H and O–H groups in total. The minimum Gasteiger partial charge on any atom is -0.452 e. The van der Waals surface area contributed by atoms with Gasteiger partial charge in [0.1, 0.15) is 0 Å². The highest BCUT2D eigenvalue weighted by Crippen LogP contribution is 2.59. The largest absolute Gasteiger partial charge is 0.452 e. The first-order valence-electron chi connectivity index (χ1n) is 11.5. The molecule has 2 aromatic rings. The van der Waals surface area contributed by atoms with Crippen LogP contribution in [-0.2, 0) is 19.1 Å². The highest BCUT2D eigenvalue weighted by molar-refractivity contribution is 6.32. The molecule has 3 amide bonds. The summed E-state index contributed by atoms with van der Waals surface area (Å²) in [5.74, 6) is -2.74. The summed E-state index contributed by atoms with van der Waals surface area (Å²) < 4.78 is 5.12. The number of nitrogens with one attached hydrogen (secondary N) is 1. The van der Waals surface area contributed by atoms with Gasteiger partial charge < -0.3 is 10.1 Å². The number of hydrogen-bond donors (Lipinski definition) is 1. The maximum absolute atomic E-state index is 13.1. The SMILES string of the molecule is Cc1ccc(NC(=O)COC(=O)c2ccc(N3C(=O)[C@@H]4[C@H]5C[C@@H]([C@H](Cl)[C@H]5Cl)[C@@H]4C3=O)cc2)cc1C. The van der Waals surface area contributed by atoms with Crippen LogP contribution in [0.1, 0.15) is 27.9 Å². The number of amides is 3. The second-order valence-electron chi connectivity index (χ2n) is 9.49. The van der Waals surface area contributed by atoms with Crippen molar-refractivity contribution in [1.82, 2.24) is 0 Å². The molecule has 9 heteroatoms. The molecule has 3 aliphatic rings. The number of benzene rings is 2. The fourth-order valence-electron chi connectivity index (χ4n) is 5.58. The average Bonchev–Trinajstić information content (AvgIpc) is 3.45. The molecule has 0 spiro atoms. The number of ether oxygens (including phenoxy) is 1. The van der Waals surface area contributed by atoms with Gasteiger partial charge in [0.05, 0.1) is 33.8 Å². The minimum absolute atomic E-state index is 0.0974. The molecule has 7 nitrogen and oxygen atoms in total. The molecule has 0 unspecified atom stereocenters. The Morgan fingerprint density at radius 2 is 1.54 bits per heavy atom. The predicted octanol–water partition coefficient (Wildman–Crippen LogP) is 4.07. The van der Waals surface area contributed by atoms with Gasteiger partial charge in [-0.25, -0.2) is 4.79 Å². The highest BCUT2D eigenvalue weighted by Gasteiger charge is 2.66. The molecule has 0 radical (unpaired) electrons. The molecular formula is C26H24Cl2N2O5. The van der Waals surface area contributed by atoms with E-state index < -0.39 is 30.3 Å². The van der Waals surface area contributed by atoms with E-state index in [9.17, 15) is 19.2 Å². The van der Waals surface area contributed by atoms with Crippen LogP contribution in [0.3, 0.4) is 0 Å². The molecule has 1 heterocycles. The van der Waals surface area contributed by atoms with Crippen molar-refractivity contribution < 1.29 is 23.9 Å². The van der Waals surface area contributed by atoms with E-state index >= 15 is 0 Å². The molecule has 2 aromatic carbocycles. The van der Waals surface area contributed by atoms with Crippen molar-refractivity contribution in [1.29, 1.82) is 0 Å². The summed E-state index contributed by atoms with van der Waals surface area (Å²) in [4.78, 5) is 51.9. The molecule has 35 heavy (non-hydrogen) atoms. The van der Waals surface area contributed by atoms with E-state index in [1.54, 1.807) is 6.07 Å². The Kier molecular flexibility index (Phi) is 6.09. The normalized spacial score (nSPS) is 28.9. The van der Waals surface area contributed by atoms with Gasteiger partial charge in [-0.2, -0.15) is 0 Å². The van der Waals surface area contributed by atoms with Crippen LogP contribution in [0.5, 0.6) is 0 Å². The number of aryl methyl sites for hydroxylation is 2. The number of alkyl halides is 2. The van der Waals surface area contributed by atoms with E-state index in [4.69, 9.17) is 27.9 Å². The van der Waals surface area contributed by atoms with Crippen LogP contribution in [0.25, 0.3) is 0 Å². The second-order valence-corrected chi connectivity index (χ2v) is 10.5. The second kappa shape index (κ2) is 8.95. The number of fused-ring (bicyclic) bond motifs is 5. The molecule has 1 saturated heterocycles. The molecule has 3 fully saturated rings. The standard InChI is InChI=1S/C26H24Cl2N2O5/c1-12-3-6-15(9-13(12)2)29-19(31)11-35-26(34)14-4-7-16(8-5-14)30-24(32)20-17-10-18(21(20)25(30)33)23(28)22(17)27/h3-9,17-18,20-23H,10-11H2,1-2H3,(H,29,31)/t17-,18-,20-,21+,22+,23+/m1/s1. The first-order valence-corrected chi connectivity index (χ1v) is 12.3. The van der Waals surface area contributed by atoms with Gasteiger partial charge in [0.2, 0.25) is 11.8 Å². The number of carbonyl (C=O) groups is 4. The third kappa shape index (κ3) is 4.00. The zero-order valence-electron chi connectivity index (χ0n) is 19.2. The first-order chi connectivity index (χ1) is 16.7. The van der Waals surface area contributed by atoms with Gasteiger partial charge in [0, 0.05) is 5.69 Å². The number of hydrogen-bond acceptors (Lipinski definition) is 5. The maximum atomic E-state index is 13.1. The van der Waals surface area contributed by atoms with Gasteiger partial charge in [-0.05, 0) is 79.6 Å². The van der Waals surface area contributed by atoms with Crippen molar-refractivity contribution in [3.05, 3.63) is 59.2 Å². The summed E-state index contributed by atoms with van der Waals surface area (Å²) in [6.07, 6.45) is 0.699. The molecule has 2 bridgehead atoms. The maximum Gasteiger partial charge on any atom is 0.338 e.